The van der Waals surface area contributed by atoms with Gasteiger partial charge in [-0.1, -0.05) is 78.5 Å². The van der Waals surface area contributed by atoms with Crippen molar-refractivity contribution in [3.05, 3.63) is 113 Å². The third-order valence-electron chi connectivity index (χ3n) is 6.59. The fourth-order valence-corrected chi connectivity index (χ4v) is 5.89. The van der Waals surface area contributed by atoms with Gasteiger partial charge in [-0.25, -0.2) is 4.79 Å². The van der Waals surface area contributed by atoms with E-state index in [1.165, 1.54) is 34.0 Å². The Morgan fingerprint density at radius 2 is 1.59 bits per heavy atom. The van der Waals surface area contributed by atoms with Gasteiger partial charge < -0.3 is 14.8 Å². The summed E-state index contributed by atoms with van der Waals surface area (Å²) in [5, 5.41) is 2.90. The fourth-order valence-electron chi connectivity index (χ4n) is 4.80. The Balaban J connectivity index is 1.30. The first-order chi connectivity index (χ1) is 18.1. The van der Waals surface area contributed by atoms with Crippen LogP contribution in [0.4, 0.5) is 4.79 Å². The van der Waals surface area contributed by atoms with E-state index < -0.39 is 6.09 Å². The molecule has 0 unspecified atom stereocenters. The highest BCUT2D eigenvalue weighted by atomic mass is 32.2. The lowest BCUT2D eigenvalue weighted by Gasteiger charge is -2.17. The minimum Gasteiger partial charge on any atom is -0.497 e. The average Bonchev–Trinajstić information content (AvgIpc) is 3.25. The van der Waals surface area contributed by atoms with Crippen molar-refractivity contribution in [2.24, 2.45) is 0 Å². The molecule has 0 radical (unpaired) electrons. The number of aryl methyl sites for hydroxylation is 1. The molecule has 4 aromatic carbocycles. The van der Waals surface area contributed by atoms with Crippen molar-refractivity contribution in [1.29, 1.82) is 0 Å². The van der Waals surface area contributed by atoms with Gasteiger partial charge in [-0.3, -0.25) is 4.79 Å². The first kappa shape index (κ1) is 24.7. The van der Waals surface area contributed by atoms with E-state index >= 15 is 0 Å². The zero-order chi connectivity index (χ0) is 25.8. The van der Waals surface area contributed by atoms with E-state index in [1.807, 2.05) is 61.5 Å². The largest absolute Gasteiger partial charge is 0.497 e. The van der Waals surface area contributed by atoms with Crippen LogP contribution in [0.25, 0.3) is 11.1 Å². The van der Waals surface area contributed by atoms with Gasteiger partial charge in [-0.05, 0) is 58.5 Å². The topological polar surface area (TPSA) is 64.6 Å². The number of benzene rings is 4. The number of carbonyl (C=O) groups is 2. The predicted molar refractivity (Wildman–Crippen MR) is 146 cm³/mol. The third kappa shape index (κ3) is 5.11. The molecule has 6 heteroatoms. The van der Waals surface area contributed by atoms with Crippen LogP contribution in [0, 0.1) is 6.92 Å². The molecule has 1 aliphatic carbocycles. The van der Waals surface area contributed by atoms with Gasteiger partial charge in [-0.2, -0.15) is 0 Å². The molecular formula is C31H27NO4S. The molecular weight excluding hydrogens is 482 g/mol. The standard InChI is InChI=1S/C31H27NO4S/c1-20-15-23(35-2)16-22(30(20)37-29-14-8-3-9-21(29)18-33)17-32-31(34)36-19-28-26-12-6-4-10-24(26)25-11-5-7-13-27(25)28/h3-16,18,28H,17,19H2,1-2H3,(H,32,34). The second-order valence-corrected chi connectivity index (χ2v) is 9.92. The van der Waals surface area contributed by atoms with Crippen LogP contribution in [0.2, 0.25) is 0 Å². The van der Waals surface area contributed by atoms with Gasteiger partial charge in [0, 0.05) is 27.8 Å². The lowest BCUT2D eigenvalue weighted by atomic mass is 9.98. The van der Waals surface area contributed by atoms with Crippen LogP contribution in [0.15, 0.2) is 94.7 Å². The second-order valence-electron chi connectivity index (χ2n) is 8.87. The molecule has 1 aliphatic rings. The Morgan fingerprint density at radius 1 is 0.946 bits per heavy atom. The van der Waals surface area contributed by atoms with Crippen molar-refractivity contribution in [3.8, 4) is 16.9 Å². The van der Waals surface area contributed by atoms with E-state index in [9.17, 15) is 9.59 Å². The van der Waals surface area contributed by atoms with Gasteiger partial charge in [0.1, 0.15) is 12.4 Å². The second kappa shape index (κ2) is 10.9. The Hall–Kier alpha value is -4.03. The maximum atomic E-state index is 12.8. The number of hydrogen-bond donors (Lipinski definition) is 1. The molecule has 4 aromatic rings. The summed E-state index contributed by atoms with van der Waals surface area (Å²) in [4.78, 5) is 26.1. The molecule has 0 heterocycles. The number of hydrogen-bond acceptors (Lipinski definition) is 5. The molecule has 0 atom stereocenters. The number of fused-ring (bicyclic) bond motifs is 3. The van der Waals surface area contributed by atoms with E-state index in [-0.39, 0.29) is 19.1 Å². The lowest BCUT2D eigenvalue weighted by molar-refractivity contribution is 0.112. The van der Waals surface area contributed by atoms with Crippen molar-refractivity contribution in [2.45, 2.75) is 29.2 Å². The monoisotopic (exact) mass is 509 g/mol. The molecule has 186 valence electrons. The Morgan fingerprint density at radius 3 is 2.27 bits per heavy atom. The molecule has 5 nitrogen and oxygen atoms in total. The summed E-state index contributed by atoms with van der Waals surface area (Å²) < 4.78 is 11.2. The Labute approximate surface area is 220 Å². The Kier molecular flexibility index (Phi) is 7.28. The highest BCUT2D eigenvalue weighted by Crippen LogP contribution is 2.44. The smallest absolute Gasteiger partial charge is 0.407 e. The Bertz CT molecular complexity index is 1420. The number of rotatable bonds is 8. The normalized spacial score (nSPS) is 11.9. The van der Waals surface area contributed by atoms with Crippen LogP contribution in [0.1, 0.15) is 38.5 Å². The van der Waals surface area contributed by atoms with Crippen molar-refractivity contribution < 1.29 is 19.1 Å². The highest BCUT2D eigenvalue weighted by molar-refractivity contribution is 7.99. The van der Waals surface area contributed by atoms with E-state index in [0.29, 0.717) is 11.3 Å². The quantitative estimate of drug-likeness (QED) is 0.259. The van der Waals surface area contributed by atoms with Gasteiger partial charge in [-0.15, -0.1) is 0 Å². The summed E-state index contributed by atoms with van der Waals surface area (Å²) in [7, 11) is 1.62. The number of methoxy groups -OCH3 is 1. The van der Waals surface area contributed by atoms with Crippen LogP contribution < -0.4 is 10.1 Å². The summed E-state index contributed by atoms with van der Waals surface area (Å²) in [6, 6.07) is 27.8. The molecule has 0 saturated carbocycles. The summed E-state index contributed by atoms with van der Waals surface area (Å²) in [6.45, 7) is 2.51. The molecule has 0 fully saturated rings. The molecule has 0 saturated heterocycles. The van der Waals surface area contributed by atoms with Crippen LogP contribution in [0.3, 0.4) is 0 Å². The lowest BCUT2D eigenvalue weighted by Crippen LogP contribution is -2.26. The van der Waals surface area contributed by atoms with E-state index in [0.717, 1.165) is 27.2 Å². The minimum atomic E-state index is -0.480. The zero-order valence-electron chi connectivity index (χ0n) is 20.7. The molecule has 5 rings (SSSR count). The van der Waals surface area contributed by atoms with Crippen LogP contribution in [-0.2, 0) is 11.3 Å². The third-order valence-corrected chi connectivity index (χ3v) is 7.97. The number of ether oxygens (including phenoxy) is 2. The molecule has 0 aromatic heterocycles. The number of nitrogens with one attached hydrogen (secondary N) is 1. The van der Waals surface area contributed by atoms with Crippen LogP contribution >= 0.6 is 11.8 Å². The first-order valence-corrected chi connectivity index (χ1v) is 12.9. The molecule has 1 amide bonds. The van der Waals surface area contributed by atoms with Crippen LogP contribution in [0.5, 0.6) is 5.75 Å². The molecule has 1 N–H and O–H groups in total. The molecule has 0 aliphatic heterocycles. The number of amides is 1. The van der Waals surface area contributed by atoms with Gasteiger partial charge in [0.2, 0.25) is 0 Å². The summed E-state index contributed by atoms with van der Waals surface area (Å²) in [6.07, 6.45) is 0.377. The fraction of sp³-hybridized carbons (Fsp3) is 0.161. The van der Waals surface area contributed by atoms with Crippen molar-refractivity contribution in [3.63, 3.8) is 0 Å². The maximum absolute atomic E-state index is 12.8. The number of alkyl carbamates (subject to hydrolysis) is 1. The van der Waals surface area contributed by atoms with Crippen LogP contribution in [-0.4, -0.2) is 26.1 Å². The minimum absolute atomic E-state index is 0.00294. The zero-order valence-corrected chi connectivity index (χ0v) is 21.5. The van der Waals surface area contributed by atoms with Gasteiger partial charge in [0.05, 0.1) is 7.11 Å². The van der Waals surface area contributed by atoms with Crippen molar-refractivity contribution >= 4 is 24.1 Å². The van der Waals surface area contributed by atoms with E-state index in [4.69, 9.17) is 9.47 Å². The predicted octanol–water partition coefficient (Wildman–Crippen LogP) is 7.01. The van der Waals surface area contributed by atoms with Gasteiger partial charge in [0.15, 0.2) is 6.29 Å². The van der Waals surface area contributed by atoms with Crippen molar-refractivity contribution in [2.75, 3.05) is 13.7 Å². The SMILES string of the molecule is COc1cc(C)c(Sc2ccccc2C=O)c(CNC(=O)OCC2c3ccccc3-c3ccccc32)c1. The first-order valence-electron chi connectivity index (χ1n) is 12.1. The number of carbonyl (C=O) groups excluding carboxylic acids is 2. The van der Waals surface area contributed by atoms with Crippen molar-refractivity contribution in [1.82, 2.24) is 5.32 Å². The average molecular weight is 510 g/mol. The molecule has 0 spiro atoms. The van der Waals surface area contributed by atoms with Gasteiger partial charge in [0.25, 0.3) is 0 Å². The molecule has 37 heavy (non-hydrogen) atoms. The van der Waals surface area contributed by atoms with E-state index in [1.54, 1.807) is 13.2 Å². The summed E-state index contributed by atoms with van der Waals surface area (Å²) in [5.74, 6) is 0.707. The molecule has 0 bridgehead atoms. The van der Waals surface area contributed by atoms with Gasteiger partial charge >= 0.3 is 6.09 Å². The highest BCUT2D eigenvalue weighted by Gasteiger charge is 2.29. The van der Waals surface area contributed by atoms with E-state index in [2.05, 4.69) is 29.6 Å². The summed E-state index contributed by atoms with van der Waals surface area (Å²) in [5.41, 5.74) is 7.23. The number of aldehydes is 1. The maximum Gasteiger partial charge on any atom is 0.407 e. The summed E-state index contributed by atoms with van der Waals surface area (Å²) >= 11 is 1.50.